The van der Waals surface area contributed by atoms with Gasteiger partial charge in [0.25, 0.3) is 5.91 Å². The maximum Gasteiger partial charge on any atom is 0.253 e. The Hall–Kier alpha value is -1.30. The van der Waals surface area contributed by atoms with E-state index >= 15 is 0 Å². The molecule has 2 aliphatic heterocycles. The molecule has 0 spiro atoms. The summed E-state index contributed by atoms with van der Waals surface area (Å²) in [4.78, 5) is 32.7. The van der Waals surface area contributed by atoms with E-state index in [-0.39, 0.29) is 11.9 Å². The molecule has 0 radical (unpaired) electrons. The highest BCUT2D eigenvalue weighted by atomic mass is 35.5. The van der Waals surface area contributed by atoms with Gasteiger partial charge < -0.3 is 9.80 Å². The van der Waals surface area contributed by atoms with Crippen LogP contribution in [0.2, 0.25) is 10.0 Å². The second-order valence-corrected chi connectivity index (χ2v) is 9.65. The number of halogens is 2. The number of hydrogen-bond acceptors (Lipinski definition) is 3. The molecule has 3 fully saturated rings. The fourth-order valence-corrected chi connectivity index (χ4v) is 5.54. The molecular weight excluding hydrogens is 421 g/mol. The molecule has 3 aliphatic rings. The topological polar surface area (TPSA) is 43.9 Å². The Morgan fingerprint density at radius 1 is 0.800 bits per heavy atom. The van der Waals surface area contributed by atoms with Gasteiger partial charge in [-0.25, -0.2) is 0 Å². The van der Waals surface area contributed by atoms with Crippen molar-refractivity contribution in [2.24, 2.45) is 5.92 Å². The molecule has 30 heavy (non-hydrogen) atoms. The third-order valence-electron chi connectivity index (χ3n) is 6.93. The lowest BCUT2D eigenvalue weighted by Crippen LogP contribution is -2.59. The minimum atomic E-state index is -0.0205. The number of piperazine rings is 1. The average Bonchev–Trinajstić information content (AvgIpc) is 3.31. The van der Waals surface area contributed by atoms with Gasteiger partial charge in [-0.15, -0.1) is 0 Å². The van der Waals surface area contributed by atoms with Gasteiger partial charge in [0, 0.05) is 44.8 Å². The molecule has 4 rings (SSSR count). The third-order valence-corrected chi connectivity index (χ3v) is 7.67. The molecule has 7 heteroatoms. The normalized spacial score (nSPS) is 22.3. The summed E-state index contributed by atoms with van der Waals surface area (Å²) in [6.07, 6.45) is 8.21. The molecule has 5 nitrogen and oxygen atoms in total. The van der Waals surface area contributed by atoms with Gasteiger partial charge in [-0.1, -0.05) is 36.0 Å². The van der Waals surface area contributed by atoms with Gasteiger partial charge >= 0.3 is 0 Å². The quantitative estimate of drug-likeness (QED) is 0.684. The Kier molecular flexibility index (Phi) is 7.22. The smallest absolute Gasteiger partial charge is 0.253 e. The van der Waals surface area contributed by atoms with E-state index in [2.05, 4.69) is 9.80 Å². The number of amides is 2. The number of rotatable bonds is 4. The fourth-order valence-electron chi connectivity index (χ4n) is 5.25. The molecule has 2 heterocycles. The summed E-state index contributed by atoms with van der Waals surface area (Å²) in [6.45, 7) is 4.56. The fraction of sp³-hybridized carbons (Fsp3) is 0.652. The van der Waals surface area contributed by atoms with Crippen LogP contribution in [0.4, 0.5) is 0 Å². The molecule has 1 atom stereocenters. The SMILES string of the molecule is O=C(c1ccc(Cl)c(Cl)c1)N1CCN([C@H](C(=O)N2CCCCC2)C2CCCC2)CC1. The highest BCUT2D eigenvalue weighted by Gasteiger charge is 2.39. The lowest BCUT2D eigenvalue weighted by atomic mass is 9.93. The minimum absolute atomic E-state index is 0.0204. The monoisotopic (exact) mass is 451 g/mol. The lowest BCUT2D eigenvalue weighted by Gasteiger charge is -2.43. The molecule has 2 amide bonds. The second-order valence-electron chi connectivity index (χ2n) is 8.83. The van der Waals surface area contributed by atoms with Gasteiger partial charge in [-0.05, 0) is 56.2 Å². The summed E-state index contributed by atoms with van der Waals surface area (Å²) in [7, 11) is 0. The van der Waals surface area contributed by atoms with Crippen LogP contribution in [-0.2, 0) is 4.79 Å². The van der Waals surface area contributed by atoms with Crippen molar-refractivity contribution in [1.29, 1.82) is 0 Å². The van der Waals surface area contributed by atoms with E-state index in [0.29, 0.717) is 40.5 Å². The average molecular weight is 452 g/mol. The summed E-state index contributed by atoms with van der Waals surface area (Å²) in [6, 6.07) is 5.01. The van der Waals surface area contributed by atoms with E-state index in [1.54, 1.807) is 18.2 Å². The number of likely N-dealkylation sites (tertiary alicyclic amines) is 1. The molecule has 2 saturated heterocycles. The molecule has 0 N–H and O–H groups in total. The zero-order valence-corrected chi connectivity index (χ0v) is 19.0. The molecule has 1 aromatic rings. The third kappa shape index (κ3) is 4.79. The van der Waals surface area contributed by atoms with Crippen molar-refractivity contribution in [3.05, 3.63) is 33.8 Å². The number of carbonyl (C=O) groups excluding carboxylic acids is 2. The lowest BCUT2D eigenvalue weighted by molar-refractivity contribution is -0.140. The molecule has 1 aromatic carbocycles. The van der Waals surface area contributed by atoms with Gasteiger partial charge in [-0.2, -0.15) is 0 Å². The van der Waals surface area contributed by atoms with Gasteiger partial charge in [0.15, 0.2) is 0 Å². The largest absolute Gasteiger partial charge is 0.341 e. The van der Waals surface area contributed by atoms with Crippen LogP contribution in [0.1, 0.15) is 55.3 Å². The van der Waals surface area contributed by atoms with Gasteiger partial charge in [0.2, 0.25) is 5.91 Å². The first-order chi connectivity index (χ1) is 14.5. The number of piperidine rings is 1. The van der Waals surface area contributed by atoms with Crippen molar-refractivity contribution in [1.82, 2.24) is 14.7 Å². The van der Waals surface area contributed by atoms with Crippen molar-refractivity contribution >= 4 is 35.0 Å². The van der Waals surface area contributed by atoms with Crippen molar-refractivity contribution < 1.29 is 9.59 Å². The van der Waals surface area contributed by atoms with Crippen molar-refractivity contribution in [3.63, 3.8) is 0 Å². The molecule has 1 aliphatic carbocycles. The summed E-state index contributed by atoms with van der Waals surface area (Å²) < 4.78 is 0. The summed E-state index contributed by atoms with van der Waals surface area (Å²) in [5, 5.41) is 0.850. The van der Waals surface area contributed by atoms with Crippen molar-refractivity contribution in [2.45, 2.75) is 51.0 Å². The zero-order valence-electron chi connectivity index (χ0n) is 17.5. The van der Waals surface area contributed by atoms with E-state index in [1.807, 2.05) is 4.90 Å². The predicted molar refractivity (Wildman–Crippen MR) is 120 cm³/mol. The standard InChI is InChI=1S/C23H31Cl2N3O2/c24-19-9-8-18(16-20(19)25)22(29)28-14-12-26(13-15-28)21(17-6-2-3-7-17)23(30)27-10-4-1-5-11-27/h8-9,16-17,21H,1-7,10-15H2/t21-/m0/s1. The van der Waals surface area contributed by atoms with Crippen LogP contribution in [0.5, 0.6) is 0 Å². The Balaban J connectivity index is 1.42. The van der Waals surface area contributed by atoms with E-state index in [0.717, 1.165) is 51.9 Å². The molecule has 0 bridgehead atoms. The Labute approximate surface area is 189 Å². The molecule has 1 saturated carbocycles. The Morgan fingerprint density at radius 2 is 1.47 bits per heavy atom. The second kappa shape index (κ2) is 9.88. The molecule has 164 valence electrons. The number of nitrogens with zero attached hydrogens (tertiary/aromatic N) is 3. The summed E-state index contributed by atoms with van der Waals surface area (Å²) in [5.74, 6) is 0.760. The van der Waals surface area contributed by atoms with Crippen LogP contribution < -0.4 is 0 Å². The number of hydrogen-bond donors (Lipinski definition) is 0. The van der Waals surface area contributed by atoms with E-state index in [9.17, 15) is 9.59 Å². The maximum absolute atomic E-state index is 13.5. The van der Waals surface area contributed by atoms with Crippen LogP contribution in [0, 0.1) is 5.92 Å². The first kappa shape index (κ1) is 21.9. The highest BCUT2D eigenvalue weighted by molar-refractivity contribution is 6.42. The predicted octanol–water partition coefficient (Wildman–Crippen LogP) is 4.32. The van der Waals surface area contributed by atoms with Crippen molar-refractivity contribution in [2.75, 3.05) is 39.3 Å². The van der Waals surface area contributed by atoms with Crippen LogP contribution in [0.3, 0.4) is 0 Å². The first-order valence-electron chi connectivity index (χ1n) is 11.3. The summed E-state index contributed by atoms with van der Waals surface area (Å²) in [5.41, 5.74) is 0.564. The van der Waals surface area contributed by atoms with Gasteiger partial charge in [0.05, 0.1) is 16.1 Å². The zero-order chi connectivity index (χ0) is 21.1. The first-order valence-corrected chi connectivity index (χ1v) is 12.1. The van der Waals surface area contributed by atoms with E-state index in [4.69, 9.17) is 23.2 Å². The number of carbonyl (C=O) groups is 2. The van der Waals surface area contributed by atoms with Crippen molar-refractivity contribution in [3.8, 4) is 0 Å². The molecular formula is C23H31Cl2N3O2. The molecule has 0 unspecified atom stereocenters. The highest BCUT2D eigenvalue weighted by Crippen LogP contribution is 2.32. The summed E-state index contributed by atoms with van der Waals surface area (Å²) >= 11 is 12.1. The van der Waals surface area contributed by atoms with Crippen LogP contribution >= 0.6 is 23.2 Å². The number of benzene rings is 1. The Morgan fingerprint density at radius 3 is 2.10 bits per heavy atom. The minimum Gasteiger partial charge on any atom is -0.341 e. The Bertz CT molecular complexity index is 768. The van der Waals surface area contributed by atoms with Gasteiger partial charge in [-0.3, -0.25) is 14.5 Å². The van der Waals surface area contributed by atoms with Crippen LogP contribution in [0.25, 0.3) is 0 Å². The van der Waals surface area contributed by atoms with Gasteiger partial charge in [0.1, 0.15) is 0 Å². The van der Waals surface area contributed by atoms with E-state index in [1.165, 1.54) is 19.3 Å². The molecule has 0 aromatic heterocycles. The van der Waals surface area contributed by atoms with Crippen LogP contribution in [0.15, 0.2) is 18.2 Å². The van der Waals surface area contributed by atoms with E-state index < -0.39 is 0 Å². The van der Waals surface area contributed by atoms with Crippen LogP contribution in [-0.4, -0.2) is 71.8 Å². The maximum atomic E-state index is 13.5.